The van der Waals surface area contributed by atoms with Crippen molar-refractivity contribution in [3.63, 3.8) is 0 Å². The maximum Gasteiger partial charge on any atom is 0.243 e. The molecule has 0 aliphatic carbocycles. The Kier molecular flexibility index (Phi) is 5.15. The van der Waals surface area contributed by atoms with Crippen molar-refractivity contribution in [3.05, 3.63) is 59.4 Å². The molecule has 0 aliphatic heterocycles. The van der Waals surface area contributed by atoms with Gasteiger partial charge in [-0.05, 0) is 37.1 Å². The van der Waals surface area contributed by atoms with E-state index in [-0.39, 0.29) is 11.4 Å². The average molecular weight is 323 g/mol. The van der Waals surface area contributed by atoms with E-state index >= 15 is 0 Å². The third-order valence-corrected chi connectivity index (χ3v) is 4.74. The number of halogens is 1. The van der Waals surface area contributed by atoms with Crippen LogP contribution in [0.4, 0.5) is 4.39 Å². The molecule has 0 heterocycles. The van der Waals surface area contributed by atoms with Gasteiger partial charge in [0.2, 0.25) is 10.0 Å². The van der Waals surface area contributed by atoms with E-state index < -0.39 is 15.8 Å². The van der Waals surface area contributed by atoms with Crippen LogP contribution < -0.4 is 9.46 Å². The Hall–Kier alpha value is -1.92. The molecule has 4 nitrogen and oxygen atoms in total. The molecule has 2 aromatic carbocycles. The molecule has 0 radical (unpaired) electrons. The van der Waals surface area contributed by atoms with Gasteiger partial charge < -0.3 is 4.74 Å². The second-order valence-electron chi connectivity index (χ2n) is 4.89. The molecule has 0 saturated heterocycles. The van der Waals surface area contributed by atoms with Crippen LogP contribution in [0.5, 0.6) is 5.75 Å². The van der Waals surface area contributed by atoms with Crippen LogP contribution in [0.3, 0.4) is 0 Å². The number of aryl methyl sites for hydroxylation is 1. The minimum absolute atomic E-state index is 0.163. The summed E-state index contributed by atoms with van der Waals surface area (Å²) < 4.78 is 45.4. The zero-order valence-corrected chi connectivity index (χ0v) is 13.3. The fraction of sp³-hybridized carbons (Fsp3) is 0.250. The molecule has 0 saturated carbocycles. The summed E-state index contributed by atoms with van der Waals surface area (Å²) in [5.41, 5.74) is 1.96. The third kappa shape index (κ3) is 3.84. The maximum atomic E-state index is 13.6. The zero-order valence-electron chi connectivity index (χ0n) is 12.5. The molecule has 2 aromatic rings. The summed E-state index contributed by atoms with van der Waals surface area (Å²) in [7, 11) is -2.29. The van der Waals surface area contributed by atoms with E-state index in [1.165, 1.54) is 18.2 Å². The van der Waals surface area contributed by atoms with Crippen LogP contribution in [-0.4, -0.2) is 22.1 Å². The lowest BCUT2D eigenvalue weighted by molar-refractivity contribution is 0.409. The van der Waals surface area contributed by atoms with Crippen molar-refractivity contribution in [3.8, 4) is 5.75 Å². The Morgan fingerprint density at radius 2 is 1.91 bits per heavy atom. The van der Waals surface area contributed by atoms with Gasteiger partial charge >= 0.3 is 0 Å². The van der Waals surface area contributed by atoms with Gasteiger partial charge in [0.15, 0.2) is 0 Å². The molecule has 0 bridgehead atoms. The molecule has 0 aromatic heterocycles. The summed E-state index contributed by atoms with van der Waals surface area (Å²) in [5, 5.41) is 0. The van der Waals surface area contributed by atoms with Crippen LogP contribution >= 0.6 is 0 Å². The lowest BCUT2D eigenvalue weighted by Gasteiger charge is -2.11. The van der Waals surface area contributed by atoms with Crippen molar-refractivity contribution in [2.24, 2.45) is 0 Å². The average Bonchev–Trinajstić information content (AvgIpc) is 2.47. The van der Waals surface area contributed by atoms with Crippen LogP contribution in [0.2, 0.25) is 0 Å². The summed E-state index contributed by atoms with van der Waals surface area (Å²) in [6, 6.07) is 11.0. The van der Waals surface area contributed by atoms with Gasteiger partial charge in [0.05, 0.1) is 7.11 Å². The standard InChI is InChI=1S/C16H18FNO3S/c1-12-7-8-15(21-2)13(11-12)9-10-18-22(19,20)16-6-4-3-5-14(16)17/h3-8,11,18H,9-10H2,1-2H3. The lowest BCUT2D eigenvalue weighted by atomic mass is 10.1. The Bertz CT molecular complexity index is 760. The second kappa shape index (κ2) is 6.89. The smallest absolute Gasteiger partial charge is 0.243 e. The molecule has 1 N–H and O–H groups in total. The summed E-state index contributed by atoms with van der Waals surface area (Å²) >= 11 is 0. The van der Waals surface area contributed by atoms with Gasteiger partial charge in [-0.1, -0.05) is 29.8 Å². The first-order valence-electron chi connectivity index (χ1n) is 6.82. The Morgan fingerprint density at radius 1 is 1.18 bits per heavy atom. The number of rotatable bonds is 6. The van der Waals surface area contributed by atoms with Gasteiger partial charge in [0.1, 0.15) is 16.5 Å². The number of sulfonamides is 1. The first-order chi connectivity index (χ1) is 10.4. The van der Waals surface area contributed by atoms with Crippen molar-refractivity contribution in [1.82, 2.24) is 4.72 Å². The highest BCUT2D eigenvalue weighted by molar-refractivity contribution is 7.89. The van der Waals surface area contributed by atoms with Crippen LogP contribution in [-0.2, 0) is 16.4 Å². The predicted molar refractivity (Wildman–Crippen MR) is 83.0 cm³/mol. The molecule has 0 aliphatic rings. The normalized spacial score (nSPS) is 11.4. The van der Waals surface area contributed by atoms with Gasteiger partial charge in [-0.25, -0.2) is 17.5 Å². The Balaban J connectivity index is 2.08. The molecular weight excluding hydrogens is 305 g/mol. The minimum Gasteiger partial charge on any atom is -0.496 e. The predicted octanol–water partition coefficient (Wildman–Crippen LogP) is 2.66. The largest absolute Gasteiger partial charge is 0.496 e. The molecule has 0 unspecified atom stereocenters. The molecular formula is C16H18FNO3S. The van der Waals surface area contributed by atoms with Crippen molar-refractivity contribution >= 4 is 10.0 Å². The molecule has 0 amide bonds. The van der Waals surface area contributed by atoms with E-state index in [1.54, 1.807) is 7.11 Å². The number of hydrogen-bond acceptors (Lipinski definition) is 3. The lowest BCUT2D eigenvalue weighted by Crippen LogP contribution is -2.26. The van der Waals surface area contributed by atoms with Gasteiger partial charge in [-0.3, -0.25) is 0 Å². The van der Waals surface area contributed by atoms with Gasteiger partial charge in [-0.2, -0.15) is 0 Å². The number of benzene rings is 2. The summed E-state index contributed by atoms with van der Waals surface area (Å²) in [6.07, 6.45) is 0.457. The van der Waals surface area contributed by atoms with Gasteiger partial charge in [0.25, 0.3) is 0 Å². The monoisotopic (exact) mass is 323 g/mol. The molecule has 6 heteroatoms. The molecule has 0 fully saturated rings. The highest BCUT2D eigenvalue weighted by Gasteiger charge is 2.17. The van der Waals surface area contributed by atoms with E-state index in [1.807, 2.05) is 25.1 Å². The van der Waals surface area contributed by atoms with Crippen molar-refractivity contribution < 1.29 is 17.5 Å². The number of nitrogens with one attached hydrogen (secondary N) is 1. The minimum atomic E-state index is -3.86. The second-order valence-corrected chi connectivity index (χ2v) is 6.63. The fourth-order valence-electron chi connectivity index (χ4n) is 2.16. The zero-order chi connectivity index (χ0) is 16.2. The maximum absolute atomic E-state index is 13.6. The highest BCUT2D eigenvalue weighted by atomic mass is 32.2. The molecule has 22 heavy (non-hydrogen) atoms. The van der Waals surface area contributed by atoms with Gasteiger partial charge in [0, 0.05) is 6.54 Å². The fourth-order valence-corrected chi connectivity index (χ4v) is 3.27. The first kappa shape index (κ1) is 16.5. The van der Waals surface area contributed by atoms with E-state index in [0.717, 1.165) is 17.2 Å². The molecule has 0 atom stereocenters. The Labute approximate surface area is 130 Å². The summed E-state index contributed by atoms with van der Waals surface area (Å²) in [6.45, 7) is 2.11. The van der Waals surface area contributed by atoms with E-state index in [0.29, 0.717) is 12.2 Å². The summed E-state index contributed by atoms with van der Waals surface area (Å²) in [5.74, 6) is -0.0566. The Morgan fingerprint density at radius 3 is 2.59 bits per heavy atom. The molecule has 2 rings (SSSR count). The van der Waals surface area contributed by atoms with Crippen LogP contribution in [0.1, 0.15) is 11.1 Å². The first-order valence-corrected chi connectivity index (χ1v) is 8.30. The van der Waals surface area contributed by atoms with Crippen molar-refractivity contribution in [2.75, 3.05) is 13.7 Å². The van der Waals surface area contributed by atoms with Crippen LogP contribution in [0.15, 0.2) is 47.4 Å². The SMILES string of the molecule is COc1ccc(C)cc1CCNS(=O)(=O)c1ccccc1F. The quantitative estimate of drug-likeness (QED) is 0.889. The number of hydrogen-bond donors (Lipinski definition) is 1. The summed E-state index contributed by atoms with van der Waals surface area (Å²) in [4.78, 5) is -0.341. The van der Waals surface area contributed by atoms with E-state index in [4.69, 9.17) is 4.74 Å². The highest BCUT2D eigenvalue weighted by Crippen LogP contribution is 2.20. The van der Waals surface area contributed by atoms with Crippen molar-refractivity contribution in [1.29, 1.82) is 0 Å². The van der Waals surface area contributed by atoms with Crippen LogP contribution in [0.25, 0.3) is 0 Å². The number of ether oxygens (including phenoxy) is 1. The van der Waals surface area contributed by atoms with Crippen LogP contribution in [0, 0.1) is 12.7 Å². The topological polar surface area (TPSA) is 55.4 Å². The third-order valence-electron chi connectivity index (χ3n) is 3.25. The van der Waals surface area contributed by atoms with Crippen molar-refractivity contribution in [2.45, 2.75) is 18.2 Å². The van der Waals surface area contributed by atoms with Gasteiger partial charge in [-0.15, -0.1) is 0 Å². The van der Waals surface area contributed by atoms with E-state index in [2.05, 4.69) is 4.72 Å². The van der Waals surface area contributed by atoms with E-state index in [9.17, 15) is 12.8 Å². The molecule has 0 spiro atoms. The molecule has 118 valence electrons. The number of methoxy groups -OCH3 is 1.